The molecule has 106 valence electrons. The third-order valence-electron chi connectivity index (χ3n) is 2.97. The number of hydrazine groups is 1. The zero-order valence-electron chi connectivity index (χ0n) is 10.3. The summed E-state index contributed by atoms with van der Waals surface area (Å²) >= 11 is 3.24. The van der Waals surface area contributed by atoms with Crippen LogP contribution in [0.5, 0.6) is 0 Å². The number of rotatable bonds is 4. The summed E-state index contributed by atoms with van der Waals surface area (Å²) in [6, 6.07) is 7.08. The minimum absolute atomic E-state index is 0.107. The molecular formula is C14H12BrF3N2. The van der Waals surface area contributed by atoms with Gasteiger partial charge in [-0.3, -0.25) is 11.3 Å². The first-order chi connectivity index (χ1) is 9.51. The van der Waals surface area contributed by atoms with Crippen LogP contribution in [-0.4, -0.2) is 0 Å². The number of nitrogens with two attached hydrogens (primary N) is 1. The summed E-state index contributed by atoms with van der Waals surface area (Å²) in [5.41, 5.74) is 3.02. The van der Waals surface area contributed by atoms with E-state index in [9.17, 15) is 13.2 Å². The molecule has 2 rings (SSSR count). The van der Waals surface area contributed by atoms with Crippen LogP contribution in [0.15, 0.2) is 40.9 Å². The van der Waals surface area contributed by atoms with Crippen LogP contribution in [-0.2, 0) is 6.42 Å². The molecular weight excluding hydrogens is 333 g/mol. The second-order valence-electron chi connectivity index (χ2n) is 4.32. The van der Waals surface area contributed by atoms with Gasteiger partial charge >= 0.3 is 0 Å². The molecule has 6 heteroatoms. The topological polar surface area (TPSA) is 38.0 Å². The third-order valence-corrected chi connectivity index (χ3v) is 3.47. The van der Waals surface area contributed by atoms with Gasteiger partial charge in [0, 0.05) is 16.1 Å². The molecule has 0 spiro atoms. The Bertz CT molecular complexity index is 619. The maximum Gasteiger partial charge on any atom is 0.129 e. The van der Waals surface area contributed by atoms with E-state index in [-0.39, 0.29) is 12.0 Å². The van der Waals surface area contributed by atoms with Gasteiger partial charge in [0.15, 0.2) is 0 Å². The van der Waals surface area contributed by atoms with Gasteiger partial charge in [-0.1, -0.05) is 22.0 Å². The molecule has 0 radical (unpaired) electrons. The predicted molar refractivity (Wildman–Crippen MR) is 74.2 cm³/mol. The van der Waals surface area contributed by atoms with Crippen LogP contribution >= 0.6 is 15.9 Å². The number of hydrogen-bond acceptors (Lipinski definition) is 2. The number of benzene rings is 2. The summed E-state index contributed by atoms with van der Waals surface area (Å²) in [7, 11) is 0. The number of halogens is 4. The van der Waals surface area contributed by atoms with E-state index in [1.165, 1.54) is 12.1 Å². The van der Waals surface area contributed by atoms with Gasteiger partial charge in [-0.25, -0.2) is 13.2 Å². The Morgan fingerprint density at radius 1 is 1.05 bits per heavy atom. The fourth-order valence-corrected chi connectivity index (χ4v) is 2.33. The molecule has 0 amide bonds. The van der Waals surface area contributed by atoms with E-state index in [0.717, 1.165) is 12.1 Å². The fourth-order valence-electron chi connectivity index (χ4n) is 1.95. The first-order valence-electron chi connectivity index (χ1n) is 5.86. The molecule has 2 nitrogen and oxygen atoms in total. The van der Waals surface area contributed by atoms with Gasteiger partial charge < -0.3 is 0 Å². The molecule has 0 aliphatic heterocycles. The standard InChI is InChI=1S/C14H12BrF3N2/c15-9-2-4-12(17)11(6-9)14(20-19)5-8-1-3-10(16)7-13(8)18/h1-4,6-7,14,20H,5,19H2. The summed E-state index contributed by atoms with van der Waals surface area (Å²) in [4.78, 5) is 0. The van der Waals surface area contributed by atoms with E-state index in [2.05, 4.69) is 21.4 Å². The molecule has 0 aromatic heterocycles. The normalized spacial score (nSPS) is 12.4. The molecule has 2 aromatic carbocycles. The SMILES string of the molecule is NNC(Cc1ccc(F)cc1F)c1cc(Br)ccc1F. The van der Waals surface area contributed by atoms with E-state index >= 15 is 0 Å². The molecule has 0 heterocycles. The van der Waals surface area contributed by atoms with E-state index in [0.29, 0.717) is 10.0 Å². The van der Waals surface area contributed by atoms with Crippen LogP contribution in [0.4, 0.5) is 13.2 Å². The molecule has 3 N–H and O–H groups in total. The second kappa shape index (κ2) is 6.39. The second-order valence-corrected chi connectivity index (χ2v) is 5.24. The molecule has 20 heavy (non-hydrogen) atoms. The Balaban J connectivity index is 2.31. The van der Waals surface area contributed by atoms with Crippen LogP contribution in [0.3, 0.4) is 0 Å². The van der Waals surface area contributed by atoms with Crippen LogP contribution in [0.2, 0.25) is 0 Å². The zero-order chi connectivity index (χ0) is 14.7. The average molecular weight is 345 g/mol. The lowest BCUT2D eigenvalue weighted by Crippen LogP contribution is -2.30. The molecule has 0 aliphatic rings. The van der Waals surface area contributed by atoms with Crippen molar-refractivity contribution in [2.75, 3.05) is 0 Å². The highest BCUT2D eigenvalue weighted by molar-refractivity contribution is 9.10. The first kappa shape index (κ1) is 15.0. The molecule has 0 saturated carbocycles. The highest BCUT2D eigenvalue weighted by Crippen LogP contribution is 2.25. The summed E-state index contributed by atoms with van der Waals surface area (Å²) in [6.45, 7) is 0. The van der Waals surface area contributed by atoms with Gasteiger partial charge in [0.05, 0.1) is 6.04 Å². The monoisotopic (exact) mass is 344 g/mol. The van der Waals surface area contributed by atoms with Crippen LogP contribution < -0.4 is 11.3 Å². The maximum atomic E-state index is 13.8. The molecule has 0 saturated heterocycles. The Hall–Kier alpha value is -1.37. The molecule has 1 atom stereocenters. The largest absolute Gasteiger partial charge is 0.271 e. The summed E-state index contributed by atoms with van der Waals surface area (Å²) in [5.74, 6) is 3.64. The van der Waals surface area contributed by atoms with E-state index in [4.69, 9.17) is 5.84 Å². The van der Waals surface area contributed by atoms with Crippen molar-refractivity contribution >= 4 is 15.9 Å². The van der Waals surface area contributed by atoms with Crippen molar-refractivity contribution in [3.8, 4) is 0 Å². The number of nitrogens with one attached hydrogen (secondary N) is 1. The lowest BCUT2D eigenvalue weighted by Gasteiger charge is -2.18. The molecule has 1 unspecified atom stereocenters. The van der Waals surface area contributed by atoms with Crippen molar-refractivity contribution in [3.05, 3.63) is 69.4 Å². The first-order valence-corrected chi connectivity index (χ1v) is 6.65. The van der Waals surface area contributed by atoms with Gasteiger partial charge in [-0.15, -0.1) is 0 Å². The van der Waals surface area contributed by atoms with Crippen molar-refractivity contribution < 1.29 is 13.2 Å². The van der Waals surface area contributed by atoms with Gasteiger partial charge in [0.2, 0.25) is 0 Å². The van der Waals surface area contributed by atoms with Gasteiger partial charge in [-0.05, 0) is 36.2 Å². The van der Waals surface area contributed by atoms with Crippen LogP contribution in [0, 0.1) is 17.5 Å². The lowest BCUT2D eigenvalue weighted by molar-refractivity contribution is 0.495. The zero-order valence-corrected chi connectivity index (χ0v) is 11.9. The van der Waals surface area contributed by atoms with Crippen molar-refractivity contribution in [2.24, 2.45) is 5.84 Å². The minimum atomic E-state index is -0.680. The van der Waals surface area contributed by atoms with Gasteiger partial charge in [-0.2, -0.15) is 0 Å². The number of hydrogen-bond donors (Lipinski definition) is 2. The van der Waals surface area contributed by atoms with Crippen molar-refractivity contribution in [2.45, 2.75) is 12.5 Å². The molecule has 2 aromatic rings. The Kier molecular flexibility index (Phi) is 4.80. The van der Waals surface area contributed by atoms with Gasteiger partial charge in [0.25, 0.3) is 0 Å². The van der Waals surface area contributed by atoms with Crippen molar-refractivity contribution in [1.29, 1.82) is 0 Å². The van der Waals surface area contributed by atoms with E-state index in [1.54, 1.807) is 12.1 Å². The smallest absolute Gasteiger partial charge is 0.129 e. The van der Waals surface area contributed by atoms with Crippen molar-refractivity contribution in [1.82, 2.24) is 5.43 Å². The molecule has 0 aliphatic carbocycles. The summed E-state index contributed by atoms with van der Waals surface area (Å²) < 4.78 is 41.0. The quantitative estimate of drug-likeness (QED) is 0.656. The van der Waals surface area contributed by atoms with E-state index in [1.807, 2.05) is 0 Å². The fraction of sp³-hybridized carbons (Fsp3) is 0.143. The summed E-state index contributed by atoms with van der Waals surface area (Å²) in [6.07, 6.45) is 0.107. The average Bonchev–Trinajstić information content (AvgIpc) is 2.41. The highest BCUT2D eigenvalue weighted by atomic mass is 79.9. The van der Waals surface area contributed by atoms with Crippen LogP contribution in [0.1, 0.15) is 17.2 Å². The third kappa shape index (κ3) is 3.39. The Morgan fingerprint density at radius 2 is 1.80 bits per heavy atom. The van der Waals surface area contributed by atoms with Gasteiger partial charge in [0.1, 0.15) is 17.5 Å². The van der Waals surface area contributed by atoms with E-state index < -0.39 is 23.5 Å². The minimum Gasteiger partial charge on any atom is -0.271 e. The predicted octanol–water partition coefficient (Wildman–Crippen LogP) is 3.61. The summed E-state index contributed by atoms with van der Waals surface area (Å²) in [5, 5.41) is 0. The molecule has 0 bridgehead atoms. The molecule has 0 fully saturated rings. The lowest BCUT2D eigenvalue weighted by atomic mass is 9.98. The van der Waals surface area contributed by atoms with Crippen molar-refractivity contribution in [3.63, 3.8) is 0 Å². The van der Waals surface area contributed by atoms with Crippen LogP contribution in [0.25, 0.3) is 0 Å². The highest BCUT2D eigenvalue weighted by Gasteiger charge is 2.17. The Labute approximate surface area is 122 Å². The Morgan fingerprint density at radius 3 is 2.45 bits per heavy atom. The maximum absolute atomic E-state index is 13.8.